The fraction of sp³-hybridized carbons (Fsp3) is 0.393. The van der Waals surface area contributed by atoms with Crippen LogP contribution in [0, 0.1) is 0 Å². The van der Waals surface area contributed by atoms with E-state index in [9.17, 15) is 14.4 Å². The quantitative estimate of drug-likeness (QED) is 0.485. The van der Waals surface area contributed by atoms with E-state index in [1.54, 1.807) is 27.2 Å². The van der Waals surface area contributed by atoms with Crippen molar-refractivity contribution in [2.45, 2.75) is 50.7 Å². The Morgan fingerprint density at radius 1 is 0.886 bits per heavy atom. The number of nitrogens with two attached hydrogens (primary N) is 1. The van der Waals surface area contributed by atoms with E-state index in [0.717, 1.165) is 11.1 Å². The van der Waals surface area contributed by atoms with Crippen LogP contribution in [-0.4, -0.2) is 66.3 Å². The Balaban J connectivity index is 2.32. The normalized spacial score (nSPS) is 13.2. The second-order valence-electron chi connectivity index (χ2n) is 9.52. The van der Waals surface area contributed by atoms with E-state index >= 15 is 0 Å². The average Bonchev–Trinajstić information content (AvgIpc) is 2.84. The smallest absolute Gasteiger partial charge is 0.246 e. The second kappa shape index (κ2) is 12.9. The number of rotatable bonds is 11. The standard InChI is InChI=1S/C28H38N4O3/c1-28(2,29)18-12-17-25(33)31(4)24(20-22-15-10-7-11-16-22)27(35)32(5)23(26(34)30-3)19-21-13-8-6-9-14-21/h6-17,23-24H,18-20,29H2,1-5H3,(H,30,34)/t23-,24-/m1/s1. The number of likely N-dealkylation sites (N-methyl/N-ethyl adjacent to an activating group) is 3. The van der Waals surface area contributed by atoms with E-state index in [2.05, 4.69) is 5.32 Å². The highest BCUT2D eigenvalue weighted by Crippen LogP contribution is 2.16. The maximum Gasteiger partial charge on any atom is 0.246 e. The van der Waals surface area contributed by atoms with Crippen molar-refractivity contribution in [3.63, 3.8) is 0 Å². The van der Waals surface area contributed by atoms with Crippen LogP contribution in [0.1, 0.15) is 31.4 Å². The molecule has 35 heavy (non-hydrogen) atoms. The van der Waals surface area contributed by atoms with Gasteiger partial charge < -0.3 is 20.9 Å². The number of benzene rings is 2. The minimum Gasteiger partial charge on any atom is -0.357 e. The summed E-state index contributed by atoms with van der Waals surface area (Å²) in [4.78, 5) is 42.4. The largest absolute Gasteiger partial charge is 0.357 e. The number of nitrogens with one attached hydrogen (secondary N) is 1. The first-order chi connectivity index (χ1) is 16.5. The zero-order valence-corrected chi connectivity index (χ0v) is 21.4. The van der Waals surface area contributed by atoms with Gasteiger partial charge in [-0.2, -0.15) is 0 Å². The summed E-state index contributed by atoms with van der Waals surface area (Å²) in [6.45, 7) is 3.77. The van der Waals surface area contributed by atoms with Gasteiger partial charge in [-0.05, 0) is 37.5 Å². The maximum atomic E-state index is 13.8. The molecule has 7 nitrogen and oxygen atoms in total. The first kappa shape index (κ1) is 27.8. The van der Waals surface area contributed by atoms with Crippen molar-refractivity contribution in [2.24, 2.45) is 5.73 Å². The number of amides is 3. The van der Waals surface area contributed by atoms with Gasteiger partial charge in [-0.3, -0.25) is 14.4 Å². The highest BCUT2D eigenvalue weighted by molar-refractivity contribution is 5.95. The van der Waals surface area contributed by atoms with Crippen molar-refractivity contribution in [1.82, 2.24) is 15.1 Å². The van der Waals surface area contributed by atoms with Crippen LogP contribution < -0.4 is 11.1 Å². The second-order valence-corrected chi connectivity index (χ2v) is 9.52. The molecule has 2 atom stereocenters. The lowest BCUT2D eigenvalue weighted by molar-refractivity contribution is -0.146. The van der Waals surface area contributed by atoms with Gasteiger partial charge in [-0.25, -0.2) is 0 Å². The predicted molar refractivity (Wildman–Crippen MR) is 139 cm³/mol. The Hall–Kier alpha value is -3.45. The van der Waals surface area contributed by atoms with Gasteiger partial charge in [0.2, 0.25) is 17.7 Å². The van der Waals surface area contributed by atoms with Crippen LogP contribution in [0.25, 0.3) is 0 Å². The minimum atomic E-state index is -0.784. The number of carbonyl (C=O) groups excluding carboxylic acids is 3. The molecule has 0 fully saturated rings. The van der Waals surface area contributed by atoms with Gasteiger partial charge in [0.05, 0.1) is 0 Å². The molecule has 0 radical (unpaired) electrons. The van der Waals surface area contributed by atoms with E-state index in [-0.39, 0.29) is 17.7 Å². The third kappa shape index (κ3) is 8.68. The zero-order chi connectivity index (χ0) is 26.0. The molecule has 0 spiro atoms. The topological polar surface area (TPSA) is 95.7 Å². The van der Waals surface area contributed by atoms with Crippen LogP contribution in [0.3, 0.4) is 0 Å². The van der Waals surface area contributed by atoms with E-state index in [4.69, 9.17) is 5.73 Å². The summed E-state index contributed by atoms with van der Waals surface area (Å²) in [5.74, 6) is -0.861. The monoisotopic (exact) mass is 478 g/mol. The molecule has 0 aliphatic rings. The van der Waals surface area contributed by atoms with Gasteiger partial charge in [0, 0.05) is 39.5 Å². The molecule has 2 aromatic rings. The van der Waals surface area contributed by atoms with Crippen molar-refractivity contribution >= 4 is 17.7 Å². The van der Waals surface area contributed by atoms with E-state index in [0.29, 0.717) is 19.3 Å². The molecule has 0 aliphatic carbocycles. The molecule has 3 amide bonds. The Bertz CT molecular complexity index is 1000. The third-order valence-corrected chi connectivity index (χ3v) is 5.91. The van der Waals surface area contributed by atoms with Crippen LogP contribution in [0.15, 0.2) is 72.8 Å². The van der Waals surface area contributed by atoms with E-state index < -0.39 is 17.6 Å². The van der Waals surface area contributed by atoms with Crippen LogP contribution in [0.4, 0.5) is 0 Å². The fourth-order valence-electron chi connectivity index (χ4n) is 3.76. The number of nitrogens with zero attached hydrogens (tertiary/aromatic N) is 2. The molecule has 0 aromatic heterocycles. The van der Waals surface area contributed by atoms with Gasteiger partial charge in [0.25, 0.3) is 0 Å². The minimum absolute atomic E-state index is 0.262. The van der Waals surface area contributed by atoms with Gasteiger partial charge in [-0.15, -0.1) is 0 Å². The molecule has 188 valence electrons. The highest BCUT2D eigenvalue weighted by atomic mass is 16.2. The summed E-state index contributed by atoms with van der Waals surface area (Å²) in [5.41, 5.74) is 7.44. The number of hydrogen-bond donors (Lipinski definition) is 2. The average molecular weight is 479 g/mol. The molecule has 0 heterocycles. The molecule has 0 bridgehead atoms. The molecule has 0 saturated heterocycles. The number of carbonyl (C=O) groups is 3. The van der Waals surface area contributed by atoms with Crippen molar-refractivity contribution in [1.29, 1.82) is 0 Å². The molecule has 0 unspecified atom stereocenters. The van der Waals surface area contributed by atoms with Crippen molar-refractivity contribution < 1.29 is 14.4 Å². The maximum absolute atomic E-state index is 13.8. The van der Waals surface area contributed by atoms with Gasteiger partial charge in [0.15, 0.2) is 0 Å². The molecular weight excluding hydrogens is 440 g/mol. The van der Waals surface area contributed by atoms with Gasteiger partial charge >= 0.3 is 0 Å². The molecule has 2 aromatic carbocycles. The highest BCUT2D eigenvalue weighted by Gasteiger charge is 2.34. The Morgan fingerprint density at radius 2 is 1.37 bits per heavy atom. The van der Waals surface area contributed by atoms with E-state index in [1.165, 1.54) is 15.9 Å². The summed E-state index contributed by atoms with van der Waals surface area (Å²) in [6.07, 6.45) is 4.41. The fourth-order valence-corrected chi connectivity index (χ4v) is 3.76. The summed E-state index contributed by atoms with van der Waals surface area (Å²) in [6, 6.07) is 17.6. The summed E-state index contributed by atoms with van der Waals surface area (Å²) >= 11 is 0. The van der Waals surface area contributed by atoms with Crippen molar-refractivity contribution in [2.75, 3.05) is 21.1 Å². The predicted octanol–water partition coefficient (Wildman–Crippen LogP) is 2.56. The molecular formula is C28H38N4O3. The van der Waals surface area contributed by atoms with Gasteiger partial charge in [-0.1, -0.05) is 66.7 Å². The third-order valence-electron chi connectivity index (χ3n) is 5.91. The van der Waals surface area contributed by atoms with Gasteiger partial charge in [0.1, 0.15) is 12.1 Å². The summed E-state index contributed by atoms with van der Waals surface area (Å²) < 4.78 is 0. The lowest BCUT2D eigenvalue weighted by atomic mass is 10.00. The Labute approximate surface area is 209 Å². The molecule has 3 N–H and O–H groups in total. The van der Waals surface area contributed by atoms with E-state index in [1.807, 2.05) is 74.5 Å². The molecule has 0 saturated carbocycles. The molecule has 7 heteroatoms. The summed E-state index contributed by atoms with van der Waals surface area (Å²) in [5, 5.41) is 2.67. The van der Waals surface area contributed by atoms with Crippen LogP contribution in [0.2, 0.25) is 0 Å². The lowest BCUT2D eigenvalue weighted by Gasteiger charge is -2.34. The Kier molecular flexibility index (Phi) is 10.2. The van der Waals surface area contributed by atoms with Crippen LogP contribution >= 0.6 is 0 Å². The lowest BCUT2D eigenvalue weighted by Crippen LogP contribution is -2.55. The first-order valence-corrected chi connectivity index (χ1v) is 11.8. The molecule has 2 rings (SSSR count). The Morgan fingerprint density at radius 3 is 1.83 bits per heavy atom. The summed E-state index contributed by atoms with van der Waals surface area (Å²) in [7, 11) is 4.79. The van der Waals surface area contributed by atoms with Crippen LogP contribution in [0.5, 0.6) is 0 Å². The zero-order valence-electron chi connectivity index (χ0n) is 21.4. The number of hydrogen-bond acceptors (Lipinski definition) is 4. The van der Waals surface area contributed by atoms with Crippen LogP contribution in [-0.2, 0) is 27.2 Å². The van der Waals surface area contributed by atoms with Crippen molar-refractivity contribution in [3.05, 3.63) is 83.9 Å². The SMILES string of the molecule is CNC(=O)[C@@H](Cc1ccccc1)N(C)C(=O)[C@@H](Cc1ccccc1)N(C)C(=O)C=CCC(C)(C)N. The first-order valence-electron chi connectivity index (χ1n) is 11.8. The van der Waals surface area contributed by atoms with Crippen molar-refractivity contribution in [3.8, 4) is 0 Å². The molecule has 0 aliphatic heterocycles.